The molecule has 0 aliphatic carbocycles. The van der Waals surface area contributed by atoms with Crippen LogP contribution in [0, 0.1) is 13.8 Å². The van der Waals surface area contributed by atoms with Gasteiger partial charge in [0.25, 0.3) is 11.1 Å². The molecule has 4 rings (SSSR count). The second-order valence-corrected chi connectivity index (χ2v) is 7.42. The molecule has 0 aliphatic heterocycles. The molecule has 0 aliphatic rings. The van der Waals surface area contributed by atoms with Gasteiger partial charge in [-0.05, 0) is 31.5 Å². The summed E-state index contributed by atoms with van der Waals surface area (Å²) in [6.45, 7) is 3.94. The number of nitrogens with one attached hydrogen (secondary N) is 1. The first kappa shape index (κ1) is 16.9. The maximum absolute atomic E-state index is 5.69. The van der Waals surface area contributed by atoms with Gasteiger partial charge < -0.3 is 14.2 Å². The monoisotopic (exact) mass is 384 g/mol. The van der Waals surface area contributed by atoms with E-state index < -0.39 is 0 Å². The second kappa shape index (κ2) is 7.35. The fourth-order valence-electron chi connectivity index (χ4n) is 2.38. The molecule has 3 aromatic heterocycles. The van der Waals surface area contributed by atoms with Crippen LogP contribution >= 0.6 is 23.1 Å². The fourth-order valence-corrected chi connectivity index (χ4v) is 3.86. The van der Waals surface area contributed by atoms with Crippen LogP contribution in [-0.2, 0) is 5.75 Å². The minimum absolute atomic E-state index is 0.471. The lowest BCUT2D eigenvalue weighted by Gasteiger charge is -2.05. The Labute approximate surface area is 158 Å². The summed E-state index contributed by atoms with van der Waals surface area (Å²) in [5.74, 6) is 1.90. The van der Waals surface area contributed by atoms with Crippen molar-refractivity contribution >= 4 is 33.9 Å². The minimum Gasteiger partial charge on any atom is -0.469 e. The number of rotatable bonds is 6. The van der Waals surface area contributed by atoms with Crippen molar-refractivity contribution in [2.24, 2.45) is 0 Å². The highest BCUT2D eigenvalue weighted by molar-refractivity contribution is 7.98. The van der Waals surface area contributed by atoms with Crippen LogP contribution in [0.15, 0.2) is 56.0 Å². The molecule has 1 N–H and O–H groups in total. The number of benzene rings is 1. The first-order chi connectivity index (χ1) is 12.7. The van der Waals surface area contributed by atoms with Crippen molar-refractivity contribution in [1.29, 1.82) is 0 Å². The van der Waals surface area contributed by atoms with E-state index in [1.54, 1.807) is 17.6 Å². The predicted octanol–water partition coefficient (Wildman–Crippen LogP) is 5.44. The van der Waals surface area contributed by atoms with Crippen LogP contribution in [0.1, 0.15) is 17.0 Å². The molecule has 4 aromatic rings. The molecule has 8 heteroatoms. The van der Waals surface area contributed by atoms with Gasteiger partial charge in [-0.15, -0.1) is 21.5 Å². The van der Waals surface area contributed by atoms with Crippen molar-refractivity contribution in [3.63, 3.8) is 0 Å². The Morgan fingerprint density at radius 3 is 2.85 bits per heavy atom. The topological polar surface area (TPSA) is 77.0 Å². The van der Waals surface area contributed by atoms with Gasteiger partial charge in [-0.2, -0.15) is 0 Å². The van der Waals surface area contributed by atoms with Gasteiger partial charge in [0.15, 0.2) is 5.13 Å². The standard InChI is InChI=1S/C18H16N4O2S2/c1-11-5-3-4-6-15(11)20-17-19-13(9-25-17)10-26-18-22-21-16(24-18)14-7-8-23-12(14)2/h3-9H,10H2,1-2H3,(H,19,20). The van der Waals surface area contributed by atoms with Crippen molar-refractivity contribution in [3.05, 3.63) is 59.0 Å². The summed E-state index contributed by atoms with van der Waals surface area (Å²) in [6.07, 6.45) is 1.61. The molecule has 0 saturated heterocycles. The van der Waals surface area contributed by atoms with Crippen LogP contribution in [0.3, 0.4) is 0 Å². The molecule has 0 atom stereocenters. The van der Waals surface area contributed by atoms with E-state index in [0.717, 1.165) is 27.8 Å². The zero-order valence-electron chi connectivity index (χ0n) is 14.2. The lowest BCUT2D eigenvalue weighted by Crippen LogP contribution is -1.92. The van der Waals surface area contributed by atoms with Crippen molar-refractivity contribution in [3.8, 4) is 11.5 Å². The average Bonchev–Trinajstić information content (AvgIpc) is 3.36. The number of para-hydroxylation sites is 1. The molecule has 3 heterocycles. The second-order valence-electron chi connectivity index (χ2n) is 5.64. The maximum atomic E-state index is 5.69. The number of anilines is 2. The third-order valence-electron chi connectivity index (χ3n) is 3.78. The van der Waals surface area contributed by atoms with Gasteiger partial charge in [0.1, 0.15) is 5.76 Å². The highest BCUT2D eigenvalue weighted by Gasteiger charge is 2.14. The van der Waals surface area contributed by atoms with Crippen LogP contribution < -0.4 is 5.32 Å². The number of hydrogen-bond donors (Lipinski definition) is 1. The van der Waals surface area contributed by atoms with Crippen molar-refractivity contribution in [2.75, 3.05) is 5.32 Å². The highest BCUT2D eigenvalue weighted by atomic mass is 32.2. The zero-order valence-corrected chi connectivity index (χ0v) is 15.9. The summed E-state index contributed by atoms with van der Waals surface area (Å²) in [6, 6.07) is 9.97. The molecule has 0 bridgehead atoms. The summed E-state index contributed by atoms with van der Waals surface area (Å²) in [5, 5.41) is 14.9. The minimum atomic E-state index is 0.471. The van der Waals surface area contributed by atoms with Crippen LogP contribution in [-0.4, -0.2) is 15.2 Å². The Kier molecular flexibility index (Phi) is 4.77. The van der Waals surface area contributed by atoms with Gasteiger partial charge in [0.05, 0.1) is 17.5 Å². The number of furan rings is 1. The molecular formula is C18H16N4O2S2. The average molecular weight is 384 g/mol. The number of thiazole rings is 1. The lowest BCUT2D eigenvalue weighted by atomic mass is 10.2. The SMILES string of the molecule is Cc1ccccc1Nc1nc(CSc2nnc(-c3ccoc3C)o2)cs1. The normalized spacial score (nSPS) is 11.0. The van der Waals surface area contributed by atoms with Gasteiger partial charge in [0, 0.05) is 16.8 Å². The molecule has 0 radical (unpaired) electrons. The maximum Gasteiger partial charge on any atom is 0.277 e. The number of aromatic nitrogens is 3. The molecule has 0 spiro atoms. The van der Waals surface area contributed by atoms with Gasteiger partial charge in [-0.25, -0.2) is 4.98 Å². The third kappa shape index (κ3) is 3.66. The first-order valence-electron chi connectivity index (χ1n) is 7.97. The largest absolute Gasteiger partial charge is 0.469 e. The highest BCUT2D eigenvalue weighted by Crippen LogP contribution is 2.29. The van der Waals surface area contributed by atoms with Gasteiger partial charge in [0.2, 0.25) is 0 Å². The van der Waals surface area contributed by atoms with Crippen molar-refractivity contribution < 1.29 is 8.83 Å². The van der Waals surface area contributed by atoms with E-state index in [4.69, 9.17) is 8.83 Å². The van der Waals surface area contributed by atoms with E-state index in [0.29, 0.717) is 16.9 Å². The quantitative estimate of drug-likeness (QED) is 0.444. The first-order valence-corrected chi connectivity index (χ1v) is 9.83. The molecule has 132 valence electrons. The van der Waals surface area contributed by atoms with Gasteiger partial charge in [-0.1, -0.05) is 30.0 Å². The summed E-state index contributed by atoms with van der Waals surface area (Å²) in [7, 11) is 0. The van der Waals surface area contributed by atoms with Crippen LogP contribution in [0.25, 0.3) is 11.5 Å². The fraction of sp³-hybridized carbons (Fsp3) is 0.167. The van der Waals surface area contributed by atoms with Gasteiger partial charge >= 0.3 is 0 Å². The van der Waals surface area contributed by atoms with E-state index >= 15 is 0 Å². The Balaban J connectivity index is 1.39. The number of hydrogen-bond acceptors (Lipinski definition) is 8. The Hall–Kier alpha value is -2.58. The smallest absolute Gasteiger partial charge is 0.277 e. The van der Waals surface area contributed by atoms with Crippen LogP contribution in [0.2, 0.25) is 0 Å². The molecule has 0 unspecified atom stereocenters. The van der Waals surface area contributed by atoms with Crippen molar-refractivity contribution in [1.82, 2.24) is 15.2 Å². The van der Waals surface area contributed by atoms with Crippen LogP contribution in [0.4, 0.5) is 10.8 Å². The Morgan fingerprint density at radius 1 is 1.15 bits per heavy atom. The lowest BCUT2D eigenvalue weighted by molar-refractivity contribution is 0.463. The summed E-state index contributed by atoms with van der Waals surface area (Å²) < 4.78 is 11.0. The number of nitrogens with zero attached hydrogens (tertiary/aromatic N) is 3. The van der Waals surface area contributed by atoms with Gasteiger partial charge in [-0.3, -0.25) is 0 Å². The number of thioether (sulfide) groups is 1. The third-order valence-corrected chi connectivity index (χ3v) is 5.44. The summed E-state index contributed by atoms with van der Waals surface area (Å²) in [4.78, 5) is 4.61. The molecule has 1 aromatic carbocycles. The van der Waals surface area contributed by atoms with E-state index in [1.807, 2.05) is 36.6 Å². The van der Waals surface area contributed by atoms with Crippen molar-refractivity contribution in [2.45, 2.75) is 24.8 Å². The van der Waals surface area contributed by atoms with E-state index in [2.05, 4.69) is 33.5 Å². The summed E-state index contributed by atoms with van der Waals surface area (Å²) in [5.41, 5.74) is 4.04. The molecule has 0 amide bonds. The Morgan fingerprint density at radius 2 is 2.04 bits per heavy atom. The predicted molar refractivity (Wildman–Crippen MR) is 103 cm³/mol. The van der Waals surface area contributed by atoms with Crippen LogP contribution in [0.5, 0.6) is 0 Å². The molecular weight excluding hydrogens is 368 g/mol. The zero-order chi connectivity index (χ0) is 17.9. The molecule has 26 heavy (non-hydrogen) atoms. The van der Waals surface area contributed by atoms with E-state index in [9.17, 15) is 0 Å². The van der Waals surface area contributed by atoms with E-state index in [-0.39, 0.29) is 0 Å². The van der Waals surface area contributed by atoms with E-state index in [1.165, 1.54) is 17.3 Å². The Bertz CT molecular complexity index is 1020. The molecule has 6 nitrogen and oxygen atoms in total. The molecule has 0 saturated carbocycles. The molecule has 0 fully saturated rings. The summed E-state index contributed by atoms with van der Waals surface area (Å²) >= 11 is 3.04. The number of aryl methyl sites for hydroxylation is 2.